The normalized spacial score (nSPS) is 11.8. The van der Waals surface area contributed by atoms with Crippen molar-refractivity contribution in [3.63, 3.8) is 0 Å². The molecule has 24 heavy (non-hydrogen) atoms. The zero-order valence-electron chi connectivity index (χ0n) is 14.6. The minimum Gasteiger partial charge on any atom is -0.364 e. The van der Waals surface area contributed by atoms with Crippen molar-refractivity contribution in [2.24, 2.45) is 12.8 Å². The summed E-state index contributed by atoms with van der Waals surface area (Å²) in [4.78, 5) is 11.5. The van der Waals surface area contributed by atoms with Crippen LogP contribution in [0.3, 0.4) is 0 Å². The van der Waals surface area contributed by atoms with Gasteiger partial charge in [0.1, 0.15) is 10.6 Å². The number of hydrogen-bond acceptors (Lipinski definition) is 3. The number of rotatable bonds is 5. The van der Waals surface area contributed by atoms with Gasteiger partial charge < -0.3 is 10.3 Å². The van der Waals surface area contributed by atoms with E-state index in [-0.39, 0.29) is 16.6 Å². The van der Waals surface area contributed by atoms with Gasteiger partial charge in [-0.2, -0.15) is 0 Å². The van der Waals surface area contributed by atoms with Crippen LogP contribution in [0.25, 0.3) is 0 Å². The molecule has 0 aliphatic heterocycles. The SMILES string of the molecule is Cc1ccc(C)c(N(C(C)C)S(=O)(=O)c2cc(C(N)=O)n(C)c2)c1. The average molecular weight is 349 g/mol. The summed E-state index contributed by atoms with van der Waals surface area (Å²) < 4.78 is 29.2. The maximum Gasteiger partial charge on any atom is 0.266 e. The summed E-state index contributed by atoms with van der Waals surface area (Å²) in [5.74, 6) is -0.665. The summed E-state index contributed by atoms with van der Waals surface area (Å²) in [6.07, 6.45) is 1.41. The third-order valence-electron chi connectivity index (χ3n) is 3.86. The van der Waals surface area contributed by atoms with Crippen molar-refractivity contribution < 1.29 is 13.2 Å². The largest absolute Gasteiger partial charge is 0.364 e. The molecule has 0 radical (unpaired) electrons. The lowest BCUT2D eigenvalue weighted by Crippen LogP contribution is -2.37. The molecule has 0 spiro atoms. The fourth-order valence-corrected chi connectivity index (χ4v) is 4.47. The molecule has 1 heterocycles. The number of carbonyl (C=O) groups excluding carboxylic acids is 1. The predicted octanol–water partition coefficient (Wildman–Crippen LogP) is 2.34. The molecule has 6 nitrogen and oxygen atoms in total. The van der Waals surface area contributed by atoms with E-state index in [1.165, 1.54) is 21.1 Å². The van der Waals surface area contributed by atoms with Gasteiger partial charge in [-0.3, -0.25) is 9.10 Å². The average Bonchev–Trinajstić information content (AvgIpc) is 2.85. The van der Waals surface area contributed by atoms with E-state index in [0.29, 0.717) is 5.69 Å². The molecule has 0 aliphatic carbocycles. The third-order valence-corrected chi connectivity index (χ3v) is 5.82. The molecule has 2 rings (SSSR count). The van der Waals surface area contributed by atoms with Gasteiger partial charge in [0, 0.05) is 19.3 Å². The Morgan fingerprint density at radius 3 is 2.33 bits per heavy atom. The molecule has 0 saturated heterocycles. The first kappa shape index (κ1) is 18.1. The summed E-state index contributed by atoms with van der Waals surface area (Å²) in [6, 6.07) is 6.73. The molecule has 130 valence electrons. The topological polar surface area (TPSA) is 85.4 Å². The smallest absolute Gasteiger partial charge is 0.266 e. The van der Waals surface area contributed by atoms with Crippen LogP contribution in [0.15, 0.2) is 35.4 Å². The predicted molar refractivity (Wildman–Crippen MR) is 94.6 cm³/mol. The fourth-order valence-electron chi connectivity index (χ4n) is 2.68. The number of nitrogens with zero attached hydrogens (tertiary/aromatic N) is 2. The second-order valence-corrected chi connectivity index (χ2v) is 8.04. The highest BCUT2D eigenvalue weighted by atomic mass is 32.2. The van der Waals surface area contributed by atoms with Gasteiger partial charge >= 0.3 is 0 Å². The molecular formula is C17H23N3O3S. The molecule has 0 saturated carbocycles. The van der Waals surface area contributed by atoms with Crippen molar-refractivity contribution in [3.8, 4) is 0 Å². The van der Waals surface area contributed by atoms with E-state index in [1.807, 2.05) is 45.9 Å². The molecular weight excluding hydrogens is 326 g/mol. The molecule has 2 N–H and O–H groups in total. The highest BCUT2D eigenvalue weighted by Crippen LogP contribution is 2.30. The Hall–Kier alpha value is -2.28. The van der Waals surface area contributed by atoms with Crippen molar-refractivity contribution in [2.75, 3.05) is 4.31 Å². The number of hydrogen-bond donors (Lipinski definition) is 1. The molecule has 0 unspecified atom stereocenters. The maximum absolute atomic E-state index is 13.2. The molecule has 1 aromatic heterocycles. The number of sulfonamides is 1. The summed E-state index contributed by atoms with van der Waals surface area (Å²) >= 11 is 0. The molecule has 0 atom stereocenters. The number of aromatic nitrogens is 1. The van der Waals surface area contributed by atoms with Crippen LogP contribution >= 0.6 is 0 Å². The lowest BCUT2D eigenvalue weighted by atomic mass is 10.1. The van der Waals surface area contributed by atoms with E-state index in [1.54, 1.807) is 7.05 Å². The van der Waals surface area contributed by atoms with E-state index < -0.39 is 15.9 Å². The second-order valence-electron chi connectivity index (χ2n) is 6.22. The molecule has 1 aromatic carbocycles. The maximum atomic E-state index is 13.2. The molecule has 0 aliphatic rings. The van der Waals surface area contributed by atoms with E-state index in [4.69, 9.17) is 5.73 Å². The van der Waals surface area contributed by atoms with E-state index >= 15 is 0 Å². The highest BCUT2D eigenvalue weighted by Gasteiger charge is 2.30. The Morgan fingerprint density at radius 2 is 1.83 bits per heavy atom. The number of anilines is 1. The van der Waals surface area contributed by atoms with Gasteiger partial charge in [0.05, 0.1) is 5.69 Å². The minimum atomic E-state index is -3.82. The Bertz CT molecular complexity index is 882. The monoisotopic (exact) mass is 349 g/mol. The zero-order chi connectivity index (χ0) is 18.2. The number of carbonyl (C=O) groups is 1. The first-order valence-electron chi connectivity index (χ1n) is 7.63. The molecule has 2 aromatic rings. The number of aryl methyl sites for hydroxylation is 3. The van der Waals surface area contributed by atoms with Gasteiger partial charge in [-0.15, -0.1) is 0 Å². The number of amides is 1. The van der Waals surface area contributed by atoms with Crippen LogP contribution in [0.2, 0.25) is 0 Å². The standard InChI is InChI=1S/C17H23N3O3S/c1-11(2)20(15-8-12(3)6-7-13(15)4)24(22,23)14-9-16(17(18)21)19(5)10-14/h6-11H,1-5H3,(H2,18,21). The highest BCUT2D eigenvalue weighted by molar-refractivity contribution is 7.92. The second kappa shape index (κ2) is 6.32. The molecule has 7 heteroatoms. The van der Waals surface area contributed by atoms with Crippen molar-refractivity contribution >= 4 is 21.6 Å². The zero-order valence-corrected chi connectivity index (χ0v) is 15.4. The molecule has 0 bridgehead atoms. The summed E-state index contributed by atoms with van der Waals surface area (Å²) in [5, 5.41) is 0. The van der Waals surface area contributed by atoms with Gasteiger partial charge in [0.15, 0.2) is 0 Å². The Balaban J connectivity index is 2.64. The molecule has 0 fully saturated rings. The lowest BCUT2D eigenvalue weighted by molar-refractivity contribution is 0.0992. The number of primary amides is 1. The van der Waals surface area contributed by atoms with Crippen LogP contribution in [0.1, 0.15) is 35.5 Å². The quantitative estimate of drug-likeness (QED) is 0.899. The Kier molecular flexibility index (Phi) is 4.75. The Labute approximate surface area is 142 Å². The van der Waals surface area contributed by atoms with Crippen molar-refractivity contribution in [1.82, 2.24) is 4.57 Å². The number of nitrogens with two attached hydrogens (primary N) is 1. The Morgan fingerprint density at radius 1 is 1.21 bits per heavy atom. The summed E-state index contributed by atoms with van der Waals surface area (Å²) in [7, 11) is -2.23. The number of benzene rings is 1. The minimum absolute atomic E-state index is 0.0495. The first-order valence-corrected chi connectivity index (χ1v) is 9.07. The van der Waals surface area contributed by atoms with Gasteiger partial charge in [-0.1, -0.05) is 12.1 Å². The van der Waals surface area contributed by atoms with Crippen LogP contribution in [0.4, 0.5) is 5.69 Å². The van der Waals surface area contributed by atoms with Crippen molar-refractivity contribution in [1.29, 1.82) is 0 Å². The van der Waals surface area contributed by atoms with E-state index in [0.717, 1.165) is 11.1 Å². The van der Waals surface area contributed by atoms with Crippen LogP contribution in [-0.2, 0) is 17.1 Å². The summed E-state index contributed by atoms with van der Waals surface area (Å²) in [5.41, 5.74) is 7.92. The van der Waals surface area contributed by atoms with Gasteiger partial charge in [-0.25, -0.2) is 8.42 Å². The van der Waals surface area contributed by atoms with E-state index in [9.17, 15) is 13.2 Å². The van der Waals surface area contributed by atoms with Crippen molar-refractivity contribution in [3.05, 3.63) is 47.3 Å². The first-order chi connectivity index (χ1) is 11.1. The van der Waals surface area contributed by atoms with Crippen LogP contribution in [0.5, 0.6) is 0 Å². The van der Waals surface area contributed by atoms with Gasteiger partial charge in [0.2, 0.25) is 0 Å². The van der Waals surface area contributed by atoms with Gasteiger partial charge in [-0.05, 0) is 51.0 Å². The molecule has 1 amide bonds. The fraction of sp³-hybridized carbons (Fsp3) is 0.353. The van der Waals surface area contributed by atoms with Crippen molar-refractivity contribution in [2.45, 2.75) is 38.6 Å². The van der Waals surface area contributed by atoms with Crippen LogP contribution in [-0.4, -0.2) is 24.9 Å². The van der Waals surface area contributed by atoms with Crippen LogP contribution < -0.4 is 10.0 Å². The third kappa shape index (κ3) is 3.17. The van der Waals surface area contributed by atoms with Gasteiger partial charge in [0.25, 0.3) is 15.9 Å². The summed E-state index contributed by atoms with van der Waals surface area (Å²) in [6.45, 7) is 7.43. The lowest BCUT2D eigenvalue weighted by Gasteiger charge is -2.29. The van der Waals surface area contributed by atoms with Crippen LogP contribution in [0, 0.1) is 13.8 Å². The van der Waals surface area contributed by atoms with E-state index in [2.05, 4.69) is 0 Å².